The normalized spacial score (nSPS) is 10.4. The minimum Gasteiger partial charge on any atom is -0.317 e. The third-order valence-corrected chi connectivity index (χ3v) is 2.39. The molecule has 0 saturated carbocycles. The van der Waals surface area contributed by atoms with Crippen molar-refractivity contribution in [3.05, 3.63) is 59.2 Å². The zero-order valence-electron chi connectivity index (χ0n) is 9.55. The number of benzene rings is 1. The highest BCUT2D eigenvalue weighted by molar-refractivity contribution is 6.04. The monoisotopic (exact) mass is 288 g/mol. The molecule has 3 nitrogen and oxygen atoms in total. The summed E-state index contributed by atoms with van der Waals surface area (Å²) in [5.74, 6) is -11.8. The maximum absolute atomic E-state index is 13.3. The molecule has 2 rings (SSSR count). The molecule has 0 bridgehead atoms. The molecule has 0 unspecified atom stereocenters. The van der Waals surface area contributed by atoms with Gasteiger partial charge in [0.25, 0.3) is 5.91 Å². The van der Waals surface area contributed by atoms with E-state index in [9.17, 15) is 26.7 Å². The first-order valence-electron chi connectivity index (χ1n) is 5.16. The number of halogens is 5. The Kier molecular flexibility index (Phi) is 3.64. The van der Waals surface area contributed by atoms with Gasteiger partial charge in [-0.25, -0.2) is 22.0 Å². The number of anilines is 1. The summed E-state index contributed by atoms with van der Waals surface area (Å²) in [5, 5.41) is 1.64. The summed E-state index contributed by atoms with van der Waals surface area (Å²) in [6.07, 6.45) is 2.46. The Morgan fingerprint density at radius 2 is 1.30 bits per heavy atom. The highest BCUT2D eigenvalue weighted by Gasteiger charge is 2.26. The van der Waals surface area contributed by atoms with Crippen LogP contribution in [0.15, 0.2) is 24.5 Å². The maximum Gasteiger partial charge on any atom is 0.255 e. The van der Waals surface area contributed by atoms with Crippen LogP contribution in [0, 0.1) is 29.1 Å². The summed E-state index contributed by atoms with van der Waals surface area (Å²) in [4.78, 5) is 15.2. The van der Waals surface area contributed by atoms with E-state index in [0.29, 0.717) is 0 Å². The number of nitrogens with zero attached hydrogens (tertiary/aromatic N) is 1. The second-order valence-electron chi connectivity index (χ2n) is 3.63. The molecule has 0 aliphatic rings. The molecule has 1 aromatic heterocycles. The van der Waals surface area contributed by atoms with E-state index in [0.717, 1.165) is 0 Å². The van der Waals surface area contributed by atoms with E-state index in [-0.39, 0.29) is 5.56 Å². The summed E-state index contributed by atoms with van der Waals surface area (Å²) in [6.45, 7) is 0. The molecule has 1 amide bonds. The van der Waals surface area contributed by atoms with Crippen molar-refractivity contribution < 1.29 is 26.7 Å². The second kappa shape index (κ2) is 5.24. The number of carbonyl (C=O) groups is 1. The van der Waals surface area contributed by atoms with Gasteiger partial charge in [-0.1, -0.05) is 0 Å². The molecule has 0 spiro atoms. The first kappa shape index (κ1) is 13.9. The van der Waals surface area contributed by atoms with Gasteiger partial charge in [0, 0.05) is 18.0 Å². The Balaban J connectivity index is 2.43. The van der Waals surface area contributed by atoms with Crippen LogP contribution < -0.4 is 5.32 Å². The van der Waals surface area contributed by atoms with E-state index < -0.39 is 40.7 Å². The first-order chi connectivity index (χ1) is 9.43. The van der Waals surface area contributed by atoms with E-state index in [4.69, 9.17) is 0 Å². The third kappa shape index (κ3) is 2.31. The smallest absolute Gasteiger partial charge is 0.255 e. The van der Waals surface area contributed by atoms with Crippen LogP contribution in [-0.4, -0.2) is 10.9 Å². The van der Waals surface area contributed by atoms with Crippen molar-refractivity contribution in [1.29, 1.82) is 0 Å². The molecule has 0 aliphatic carbocycles. The Morgan fingerprint density at radius 3 is 1.80 bits per heavy atom. The van der Waals surface area contributed by atoms with Crippen molar-refractivity contribution in [3.63, 3.8) is 0 Å². The number of nitrogens with one attached hydrogen (secondary N) is 1. The zero-order valence-corrected chi connectivity index (χ0v) is 9.55. The molecule has 0 atom stereocenters. The number of amides is 1. The fraction of sp³-hybridized carbons (Fsp3) is 0. The number of hydrogen-bond donors (Lipinski definition) is 1. The molecule has 104 valence electrons. The Hall–Kier alpha value is -2.51. The highest BCUT2D eigenvalue weighted by Crippen LogP contribution is 2.27. The van der Waals surface area contributed by atoms with Crippen LogP contribution in [0.1, 0.15) is 10.4 Å². The van der Waals surface area contributed by atoms with Gasteiger partial charge in [-0.05, 0) is 12.1 Å². The van der Waals surface area contributed by atoms with Gasteiger partial charge >= 0.3 is 0 Å². The van der Waals surface area contributed by atoms with Gasteiger partial charge in [-0.3, -0.25) is 9.78 Å². The standard InChI is InChI=1S/C12H5F5N2O/c13-6-7(14)9(16)11(10(17)8(6)15)19-12(20)5-1-3-18-4-2-5/h1-4H,(H,19,20). The second-order valence-corrected chi connectivity index (χ2v) is 3.63. The Bertz CT molecular complexity index is 646. The molecule has 2 aromatic rings. The lowest BCUT2D eigenvalue weighted by Crippen LogP contribution is -2.16. The summed E-state index contributed by atoms with van der Waals surface area (Å²) in [5.41, 5.74) is -1.45. The molecule has 1 heterocycles. The van der Waals surface area contributed by atoms with Crippen LogP contribution >= 0.6 is 0 Å². The fourth-order valence-corrected chi connectivity index (χ4v) is 1.40. The number of pyridine rings is 1. The van der Waals surface area contributed by atoms with Crippen LogP contribution in [0.4, 0.5) is 27.6 Å². The van der Waals surface area contributed by atoms with E-state index in [1.165, 1.54) is 24.5 Å². The minimum atomic E-state index is -2.29. The van der Waals surface area contributed by atoms with Gasteiger partial charge in [0.05, 0.1) is 0 Å². The van der Waals surface area contributed by atoms with Crippen molar-refractivity contribution in [2.75, 3.05) is 5.32 Å². The molecule has 0 aliphatic heterocycles. The number of hydrogen-bond acceptors (Lipinski definition) is 2. The maximum atomic E-state index is 13.3. The quantitative estimate of drug-likeness (QED) is 0.524. The highest BCUT2D eigenvalue weighted by atomic mass is 19.2. The fourth-order valence-electron chi connectivity index (χ4n) is 1.40. The van der Waals surface area contributed by atoms with Crippen molar-refractivity contribution in [3.8, 4) is 0 Å². The lowest BCUT2D eigenvalue weighted by Gasteiger charge is -2.09. The van der Waals surface area contributed by atoms with Crippen LogP contribution in [0.2, 0.25) is 0 Å². The third-order valence-electron chi connectivity index (χ3n) is 2.39. The van der Waals surface area contributed by atoms with Gasteiger partial charge in [0.2, 0.25) is 5.82 Å². The molecule has 8 heteroatoms. The zero-order chi connectivity index (χ0) is 14.9. The van der Waals surface area contributed by atoms with Crippen molar-refractivity contribution in [2.45, 2.75) is 0 Å². The molecular formula is C12H5F5N2O. The molecule has 1 N–H and O–H groups in total. The molecule has 1 aromatic carbocycles. The van der Waals surface area contributed by atoms with Crippen molar-refractivity contribution in [2.24, 2.45) is 0 Å². The van der Waals surface area contributed by atoms with Gasteiger partial charge in [-0.15, -0.1) is 0 Å². The van der Waals surface area contributed by atoms with Gasteiger partial charge in [-0.2, -0.15) is 0 Å². The van der Waals surface area contributed by atoms with Gasteiger partial charge in [0.15, 0.2) is 23.3 Å². The SMILES string of the molecule is O=C(Nc1c(F)c(F)c(F)c(F)c1F)c1ccncc1. The van der Waals surface area contributed by atoms with E-state index >= 15 is 0 Å². The average Bonchev–Trinajstić information content (AvgIpc) is 2.48. The van der Waals surface area contributed by atoms with E-state index in [1.807, 2.05) is 0 Å². The molecule has 0 radical (unpaired) electrons. The molecule has 20 heavy (non-hydrogen) atoms. The predicted molar refractivity (Wildman–Crippen MR) is 58.4 cm³/mol. The van der Waals surface area contributed by atoms with E-state index in [1.54, 1.807) is 5.32 Å². The molecular weight excluding hydrogens is 283 g/mol. The van der Waals surface area contributed by atoms with Gasteiger partial charge < -0.3 is 5.32 Å². The average molecular weight is 288 g/mol. The Labute approximate surface area is 109 Å². The minimum absolute atomic E-state index is 0.0519. The lowest BCUT2D eigenvalue weighted by molar-refractivity contribution is 0.102. The molecule has 0 fully saturated rings. The number of aromatic nitrogens is 1. The van der Waals surface area contributed by atoms with Gasteiger partial charge in [0.1, 0.15) is 5.69 Å². The van der Waals surface area contributed by atoms with Crippen LogP contribution in [0.25, 0.3) is 0 Å². The van der Waals surface area contributed by atoms with Crippen LogP contribution in [0.5, 0.6) is 0 Å². The van der Waals surface area contributed by atoms with Crippen molar-refractivity contribution >= 4 is 11.6 Å². The van der Waals surface area contributed by atoms with Crippen molar-refractivity contribution in [1.82, 2.24) is 4.98 Å². The summed E-state index contributed by atoms with van der Waals surface area (Å²) < 4.78 is 65.3. The largest absolute Gasteiger partial charge is 0.317 e. The predicted octanol–water partition coefficient (Wildman–Crippen LogP) is 3.03. The first-order valence-corrected chi connectivity index (χ1v) is 5.16. The number of carbonyl (C=O) groups excluding carboxylic acids is 1. The topological polar surface area (TPSA) is 42.0 Å². The summed E-state index contributed by atoms with van der Waals surface area (Å²) in [6, 6.07) is 2.42. The molecule has 0 saturated heterocycles. The lowest BCUT2D eigenvalue weighted by atomic mass is 10.2. The van der Waals surface area contributed by atoms with Crippen LogP contribution in [0.3, 0.4) is 0 Å². The van der Waals surface area contributed by atoms with E-state index in [2.05, 4.69) is 4.98 Å². The summed E-state index contributed by atoms with van der Waals surface area (Å²) >= 11 is 0. The number of rotatable bonds is 2. The Morgan fingerprint density at radius 1 is 0.850 bits per heavy atom. The summed E-state index contributed by atoms with van der Waals surface area (Å²) in [7, 11) is 0. The van der Waals surface area contributed by atoms with Crippen LogP contribution in [-0.2, 0) is 0 Å².